The molecule has 0 aliphatic heterocycles. The number of carbonyl (C=O) groups is 1. The van der Waals surface area contributed by atoms with Crippen LogP contribution in [-0.4, -0.2) is 20.0 Å². The van der Waals surface area contributed by atoms with Crippen molar-refractivity contribution in [1.82, 2.24) is 0 Å². The van der Waals surface area contributed by atoms with Gasteiger partial charge in [-0.1, -0.05) is 11.6 Å². The van der Waals surface area contributed by atoms with E-state index in [0.29, 0.717) is 17.1 Å². The number of primary amides is 1. The molecule has 1 heterocycles. The summed E-state index contributed by atoms with van der Waals surface area (Å²) in [5.41, 5.74) is 7.80. The van der Waals surface area contributed by atoms with Crippen LogP contribution < -0.4 is 16.0 Å². The minimum atomic E-state index is -0.399. The Labute approximate surface area is 127 Å². The van der Waals surface area contributed by atoms with E-state index >= 15 is 0 Å². The molecule has 3 N–H and O–H groups in total. The summed E-state index contributed by atoms with van der Waals surface area (Å²) in [6, 6.07) is 7.52. The summed E-state index contributed by atoms with van der Waals surface area (Å²) in [6.45, 7) is 0.624. The standard InChI is InChI=1S/C14H16ClN3OS/c1-18(2)13-4-3-10(15)6-12(13)17-7-11-5-9(8-20-11)14(16)19/h3-6,8,17H,7H2,1-2H3,(H2,16,19). The fraction of sp³-hybridized carbons (Fsp3) is 0.214. The van der Waals surface area contributed by atoms with Crippen LogP contribution in [0.5, 0.6) is 0 Å². The number of thiophene rings is 1. The molecule has 0 aliphatic rings. The van der Waals surface area contributed by atoms with E-state index in [9.17, 15) is 4.79 Å². The maximum Gasteiger partial charge on any atom is 0.249 e. The molecule has 1 amide bonds. The Morgan fingerprint density at radius 3 is 2.75 bits per heavy atom. The molecule has 0 radical (unpaired) electrons. The van der Waals surface area contributed by atoms with Gasteiger partial charge in [-0.15, -0.1) is 11.3 Å². The molecule has 2 aromatic rings. The first-order valence-corrected chi connectivity index (χ1v) is 7.31. The van der Waals surface area contributed by atoms with Gasteiger partial charge in [0, 0.05) is 35.9 Å². The van der Waals surface area contributed by atoms with Gasteiger partial charge in [-0.3, -0.25) is 4.79 Å². The number of nitrogens with two attached hydrogens (primary N) is 1. The number of hydrogen-bond acceptors (Lipinski definition) is 4. The number of halogens is 1. The van der Waals surface area contributed by atoms with Crippen molar-refractivity contribution in [2.24, 2.45) is 5.73 Å². The number of amides is 1. The highest BCUT2D eigenvalue weighted by Gasteiger charge is 2.08. The highest BCUT2D eigenvalue weighted by Crippen LogP contribution is 2.28. The van der Waals surface area contributed by atoms with Crippen molar-refractivity contribution < 1.29 is 4.79 Å². The number of benzene rings is 1. The smallest absolute Gasteiger partial charge is 0.249 e. The molecule has 0 fully saturated rings. The molecule has 0 saturated carbocycles. The number of nitrogens with zero attached hydrogens (tertiary/aromatic N) is 1. The van der Waals surface area contributed by atoms with Gasteiger partial charge in [0.05, 0.1) is 16.9 Å². The van der Waals surface area contributed by atoms with Gasteiger partial charge < -0.3 is 16.0 Å². The molecular formula is C14H16ClN3OS. The van der Waals surface area contributed by atoms with E-state index in [1.165, 1.54) is 11.3 Å². The molecule has 0 atom stereocenters. The Bertz CT molecular complexity index is 625. The fourth-order valence-electron chi connectivity index (χ4n) is 1.82. The van der Waals surface area contributed by atoms with E-state index in [0.717, 1.165) is 16.3 Å². The average molecular weight is 310 g/mol. The first kappa shape index (κ1) is 14.7. The van der Waals surface area contributed by atoms with Crippen LogP contribution in [0.4, 0.5) is 11.4 Å². The Kier molecular flexibility index (Phi) is 4.52. The summed E-state index contributed by atoms with van der Waals surface area (Å²) >= 11 is 7.54. The summed E-state index contributed by atoms with van der Waals surface area (Å²) in [4.78, 5) is 14.1. The Hall–Kier alpha value is -1.72. The zero-order chi connectivity index (χ0) is 14.7. The second-order valence-corrected chi connectivity index (χ2v) is 6.01. The van der Waals surface area contributed by atoms with Gasteiger partial charge in [-0.2, -0.15) is 0 Å². The number of anilines is 2. The third-order valence-corrected chi connectivity index (χ3v) is 4.00. The largest absolute Gasteiger partial charge is 0.378 e. The average Bonchev–Trinajstić information content (AvgIpc) is 2.85. The highest BCUT2D eigenvalue weighted by molar-refractivity contribution is 7.10. The van der Waals surface area contributed by atoms with Gasteiger partial charge in [0.15, 0.2) is 0 Å². The van der Waals surface area contributed by atoms with E-state index in [-0.39, 0.29) is 0 Å². The minimum Gasteiger partial charge on any atom is -0.378 e. The van der Waals surface area contributed by atoms with E-state index < -0.39 is 5.91 Å². The molecular weight excluding hydrogens is 294 g/mol. The second-order valence-electron chi connectivity index (χ2n) is 4.58. The predicted octanol–water partition coefficient (Wildman–Crippen LogP) is 3.18. The second kappa shape index (κ2) is 6.15. The molecule has 4 nitrogen and oxygen atoms in total. The molecule has 20 heavy (non-hydrogen) atoms. The van der Waals surface area contributed by atoms with Crippen LogP contribution in [0.15, 0.2) is 29.6 Å². The van der Waals surface area contributed by atoms with Gasteiger partial charge in [0.1, 0.15) is 0 Å². The van der Waals surface area contributed by atoms with Crippen LogP contribution in [0, 0.1) is 0 Å². The minimum absolute atomic E-state index is 0.399. The fourth-order valence-corrected chi connectivity index (χ4v) is 2.81. The predicted molar refractivity (Wildman–Crippen MR) is 85.9 cm³/mol. The Balaban J connectivity index is 2.13. The normalized spacial score (nSPS) is 10.3. The molecule has 1 aromatic carbocycles. The number of hydrogen-bond donors (Lipinski definition) is 2. The van der Waals surface area contributed by atoms with E-state index in [1.807, 2.05) is 37.2 Å². The van der Waals surface area contributed by atoms with Crippen molar-refractivity contribution in [1.29, 1.82) is 0 Å². The van der Waals surface area contributed by atoms with Crippen LogP contribution in [0.3, 0.4) is 0 Å². The SMILES string of the molecule is CN(C)c1ccc(Cl)cc1NCc1cc(C(N)=O)cs1. The van der Waals surface area contributed by atoms with Gasteiger partial charge in [0.2, 0.25) is 5.91 Å². The monoisotopic (exact) mass is 309 g/mol. The molecule has 0 saturated heterocycles. The van der Waals surface area contributed by atoms with E-state index in [2.05, 4.69) is 5.32 Å². The lowest BCUT2D eigenvalue weighted by Crippen LogP contribution is -2.12. The molecule has 0 unspecified atom stereocenters. The lowest BCUT2D eigenvalue weighted by atomic mass is 10.2. The first-order valence-electron chi connectivity index (χ1n) is 6.05. The van der Waals surface area contributed by atoms with Crippen LogP contribution in [-0.2, 0) is 6.54 Å². The lowest BCUT2D eigenvalue weighted by Gasteiger charge is -2.18. The highest BCUT2D eigenvalue weighted by atomic mass is 35.5. The molecule has 0 bridgehead atoms. The van der Waals surface area contributed by atoms with Crippen molar-refractivity contribution in [3.05, 3.63) is 45.1 Å². The zero-order valence-electron chi connectivity index (χ0n) is 11.3. The van der Waals surface area contributed by atoms with Crippen LogP contribution in [0.25, 0.3) is 0 Å². The topological polar surface area (TPSA) is 58.4 Å². The molecule has 0 spiro atoms. The van der Waals surface area contributed by atoms with Crippen LogP contribution >= 0.6 is 22.9 Å². The van der Waals surface area contributed by atoms with Crippen LogP contribution in [0.1, 0.15) is 15.2 Å². The Morgan fingerprint density at radius 1 is 1.40 bits per heavy atom. The maximum absolute atomic E-state index is 11.1. The molecule has 1 aromatic heterocycles. The van der Waals surface area contributed by atoms with Crippen molar-refractivity contribution in [3.63, 3.8) is 0 Å². The lowest BCUT2D eigenvalue weighted by molar-refractivity contribution is 0.100. The molecule has 6 heteroatoms. The Morgan fingerprint density at radius 2 is 2.15 bits per heavy atom. The van der Waals surface area contributed by atoms with Gasteiger partial charge in [0.25, 0.3) is 0 Å². The number of carbonyl (C=O) groups excluding carboxylic acids is 1. The summed E-state index contributed by atoms with van der Waals surface area (Å²) in [5, 5.41) is 5.79. The summed E-state index contributed by atoms with van der Waals surface area (Å²) in [5.74, 6) is -0.399. The van der Waals surface area contributed by atoms with Gasteiger partial charge >= 0.3 is 0 Å². The van der Waals surface area contributed by atoms with Crippen molar-refractivity contribution in [2.45, 2.75) is 6.54 Å². The quantitative estimate of drug-likeness (QED) is 0.892. The van der Waals surface area contributed by atoms with Crippen LogP contribution in [0.2, 0.25) is 5.02 Å². The van der Waals surface area contributed by atoms with E-state index in [4.69, 9.17) is 17.3 Å². The number of rotatable bonds is 5. The molecule has 106 valence electrons. The third-order valence-electron chi connectivity index (χ3n) is 2.83. The number of nitrogens with one attached hydrogen (secondary N) is 1. The van der Waals surface area contributed by atoms with Gasteiger partial charge in [-0.05, 0) is 24.3 Å². The van der Waals surface area contributed by atoms with Gasteiger partial charge in [-0.25, -0.2) is 0 Å². The summed E-state index contributed by atoms with van der Waals surface area (Å²) < 4.78 is 0. The zero-order valence-corrected chi connectivity index (χ0v) is 12.9. The summed E-state index contributed by atoms with van der Waals surface area (Å²) in [6.07, 6.45) is 0. The first-order chi connectivity index (χ1) is 9.47. The summed E-state index contributed by atoms with van der Waals surface area (Å²) in [7, 11) is 3.95. The van der Waals surface area contributed by atoms with Crippen molar-refractivity contribution >= 4 is 40.2 Å². The van der Waals surface area contributed by atoms with Crippen molar-refractivity contribution in [3.8, 4) is 0 Å². The van der Waals surface area contributed by atoms with Crippen molar-refractivity contribution in [2.75, 3.05) is 24.3 Å². The molecule has 2 rings (SSSR count). The van der Waals surface area contributed by atoms with E-state index in [1.54, 1.807) is 11.4 Å². The third kappa shape index (κ3) is 3.43. The maximum atomic E-state index is 11.1. The molecule has 0 aliphatic carbocycles.